The highest BCUT2D eigenvalue weighted by Gasteiger charge is 2.34. The van der Waals surface area contributed by atoms with Crippen LogP contribution in [0.1, 0.15) is 44.1 Å². The van der Waals surface area contributed by atoms with Crippen LogP contribution < -0.4 is 5.73 Å². The topological polar surface area (TPSA) is 46.3 Å². The molecule has 3 heteroatoms. The molecule has 1 aromatic carbocycles. The van der Waals surface area contributed by atoms with Crippen molar-refractivity contribution in [3.8, 4) is 0 Å². The summed E-state index contributed by atoms with van der Waals surface area (Å²) in [4.78, 5) is 14.3. The van der Waals surface area contributed by atoms with Gasteiger partial charge in [0.15, 0.2) is 0 Å². The minimum atomic E-state index is 0.301. The van der Waals surface area contributed by atoms with E-state index in [0.29, 0.717) is 30.7 Å². The van der Waals surface area contributed by atoms with Crippen LogP contribution >= 0.6 is 0 Å². The second kappa shape index (κ2) is 7.44. The Kier molecular flexibility index (Phi) is 5.60. The van der Waals surface area contributed by atoms with Crippen LogP contribution in [-0.2, 0) is 4.79 Å². The lowest BCUT2D eigenvalue weighted by molar-refractivity contribution is -0.130. The zero-order valence-electron chi connectivity index (χ0n) is 12.4. The first-order valence-electron chi connectivity index (χ1n) is 7.79. The summed E-state index contributed by atoms with van der Waals surface area (Å²) in [5.41, 5.74) is 7.22. The van der Waals surface area contributed by atoms with Crippen LogP contribution in [-0.4, -0.2) is 30.4 Å². The van der Waals surface area contributed by atoms with Crippen molar-refractivity contribution >= 4 is 5.91 Å². The Morgan fingerprint density at radius 3 is 2.65 bits per heavy atom. The van der Waals surface area contributed by atoms with E-state index in [1.54, 1.807) is 0 Å². The van der Waals surface area contributed by atoms with E-state index in [2.05, 4.69) is 31.2 Å². The Hall–Kier alpha value is -1.35. The second-order valence-corrected chi connectivity index (χ2v) is 5.77. The van der Waals surface area contributed by atoms with Crippen LogP contribution in [0.3, 0.4) is 0 Å². The maximum absolute atomic E-state index is 12.2. The average molecular weight is 274 g/mol. The van der Waals surface area contributed by atoms with Gasteiger partial charge in [-0.1, -0.05) is 50.1 Å². The summed E-state index contributed by atoms with van der Waals surface area (Å²) in [5.74, 6) is 1.10. The Labute approximate surface area is 122 Å². The summed E-state index contributed by atoms with van der Waals surface area (Å²) in [6, 6.07) is 10.5. The summed E-state index contributed by atoms with van der Waals surface area (Å²) in [6.07, 6.45) is 4.00. The number of unbranched alkanes of at least 4 members (excludes halogenated alkanes) is 2. The number of amides is 1. The van der Waals surface area contributed by atoms with Crippen LogP contribution in [0.25, 0.3) is 0 Å². The van der Waals surface area contributed by atoms with Gasteiger partial charge in [-0.15, -0.1) is 0 Å². The van der Waals surface area contributed by atoms with E-state index in [-0.39, 0.29) is 0 Å². The van der Waals surface area contributed by atoms with Gasteiger partial charge >= 0.3 is 0 Å². The van der Waals surface area contributed by atoms with Crippen LogP contribution in [0, 0.1) is 5.92 Å². The van der Waals surface area contributed by atoms with Crippen LogP contribution in [0.4, 0.5) is 0 Å². The summed E-state index contributed by atoms with van der Waals surface area (Å²) in [5, 5.41) is 0. The van der Waals surface area contributed by atoms with Gasteiger partial charge in [0, 0.05) is 25.4 Å². The van der Waals surface area contributed by atoms with Gasteiger partial charge in [-0.05, 0) is 24.4 Å². The molecule has 1 aliphatic heterocycles. The van der Waals surface area contributed by atoms with Crippen molar-refractivity contribution in [3.05, 3.63) is 35.9 Å². The standard InChI is InChI=1S/C17H26N2O/c1-2-3-5-10-17(20)19-12-15(11-18)16(13-19)14-8-6-4-7-9-14/h4,6-9,15-16H,2-3,5,10-13,18H2,1H3/t15-,16+/m1/s1. The van der Waals surface area contributed by atoms with E-state index in [1.807, 2.05) is 11.0 Å². The molecule has 1 aromatic rings. The van der Waals surface area contributed by atoms with Crippen molar-refractivity contribution in [1.29, 1.82) is 0 Å². The molecule has 2 N–H and O–H groups in total. The summed E-state index contributed by atoms with van der Waals surface area (Å²) < 4.78 is 0. The quantitative estimate of drug-likeness (QED) is 0.811. The highest BCUT2D eigenvalue weighted by molar-refractivity contribution is 5.76. The van der Waals surface area contributed by atoms with Gasteiger partial charge in [-0.25, -0.2) is 0 Å². The molecule has 0 aromatic heterocycles. The minimum absolute atomic E-state index is 0.301. The van der Waals surface area contributed by atoms with Gasteiger partial charge in [-0.3, -0.25) is 4.79 Å². The maximum Gasteiger partial charge on any atom is 0.222 e. The van der Waals surface area contributed by atoms with Crippen LogP contribution in [0.2, 0.25) is 0 Å². The molecule has 0 bridgehead atoms. The number of carbonyl (C=O) groups excluding carboxylic acids is 1. The Morgan fingerprint density at radius 1 is 1.25 bits per heavy atom. The number of carbonyl (C=O) groups is 1. The molecule has 3 nitrogen and oxygen atoms in total. The fourth-order valence-corrected chi connectivity index (χ4v) is 3.08. The van der Waals surface area contributed by atoms with E-state index in [0.717, 1.165) is 32.4 Å². The third-order valence-electron chi connectivity index (χ3n) is 4.32. The molecule has 0 radical (unpaired) electrons. The molecule has 0 saturated carbocycles. The van der Waals surface area contributed by atoms with Gasteiger partial charge in [0.1, 0.15) is 0 Å². The maximum atomic E-state index is 12.2. The first kappa shape index (κ1) is 15.0. The molecule has 0 aliphatic carbocycles. The monoisotopic (exact) mass is 274 g/mol. The lowest BCUT2D eigenvalue weighted by atomic mass is 9.89. The molecule has 20 heavy (non-hydrogen) atoms. The van der Waals surface area contributed by atoms with Gasteiger partial charge in [0.05, 0.1) is 0 Å². The molecular weight excluding hydrogens is 248 g/mol. The smallest absolute Gasteiger partial charge is 0.222 e. The van der Waals surface area contributed by atoms with Crippen molar-refractivity contribution in [3.63, 3.8) is 0 Å². The molecule has 0 spiro atoms. The summed E-state index contributed by atoms with van der Waals surface area (Å²) in [6.45, 7) is 4.46. The summed E-state index contributed by atoms with van der Waals surface area (Å²) >= 11 is 0. The van der Waals surface area contributed by atoms with Crippen molar-refractivity contribution < 1.29 is 4.79 Å². The first-order valence-corrected chi connectivity index (χ1v) is 7.79. The molecule has 1 amide bonds. The second-order valence-electron chi connectivity index (χ2n) is 5.77. The largest absolute Gasteiger partial charge is 0.342 e. The van der Waals surface area contributed by atoms with Gasteiger partial charge in [-0.2, -0.15) is 0 Å². The van der Waals surface area contributed by atoms with Crippen molar-refractivity contribution in [2.24, 2.45) is 11.7 Å². The molecule has 1 heterocycles. The van der Waals surface area contributed by atoms with Crippen molar-refractivity contribution in [2.45, 2.75) is 38.5 Å². The molecule has 2 rings (SSSR count). The number of hydrogen-bond donors (Lipinski definition) is 1. The number of likely N-dealkylation sites (tertiary alicyclic amines) is 1. The zero-order chi connectivity index (χ0) is 14.4. The van der Waals surface area contributed by atoms with E-state index in [4.69, 9.17) is 5.73 Å². The first-order chi connectivity index (χ1) is 9.76. The van der Waals surface area contributed by atoms with Crippen LogP contribution in [0.15, 0.2) is 30.3 Å². The third kappa shape index (κ3) is 3.60. The fraction of sp³-hybridized carbons (Fsp3) is 0.588. The Balaban J connectivity index is 1.97. The van der Waals surface area contributed by atoms with E-state index in [9.17, 15) is 4.79 Å². The average Bonchev–Trinajstić information content (AvgIpc) is 2.92. The predicted octanol–water partition coefficient (Wildman–Crippen LogP) is 2.77. The van der Waals surface area contributed by atoms with Gasteiger partial charge < -0.3 is 10.6 Å². The SMILES string of the molecule is CCCCCC(=O)N1C[C@@H](CN)[C@H](c2ccccc2)C1. The Morgan fingerprint density at radius 2 is 2.00 bits per heavy atom. The van der Waals surface area contributed by atoms with E-state index >= 15 is 0 Å². The number of hydrogen-bond acceptors (Lipinski definition) is 2. The van der Waals surface area contributed by atoms with Crippen molar-refractivity contribution in [2.75, 3.05) is 19.6 Å². The molecular formula is C17H26N2O. The van der Waals surface area contributed by atoms with Crippen LogP contribution in [0.5, 0.6) is 0 Å². The summed E-state index contributed by atoms with van der Waals surface area (Å²) in [7, 11) is 0. The number of nitrogens with zero attached hydrogens (tertiary/aromatic N) is 1. The zero-order valence-corrected chi connectivity index (χ0v) is 12.4. The molecule has 1 aliphatic rings. The molecule has 2 atom stereocenters. The molecule has 1 saturated heterocycles. The van der Waals surface area contributed by atoms with Gasteiger partial charge in [0.25, 0.3) is 0 Å². The highest BCUT2D eigenvalue weighted by atomic mass is 16.2. The number of benzene rings is 1. The predicted molar refractivity (Wildman–Crippen MR) is 82.4 cm³/mol. The van der Waals surface area contributed by atoms with Crippen molar-refractivity contribution in [1.82, 2.24) is 4.90 Å². The third-order valence-corrected chi connectivity index (χ3v) is 4.32. The Bertz CT molecular complexity index is 418. The number of nitrogens with two attached hydrogens (primary N) is 1. The normalized spacial score (nSPS) is 22.2. The van der Waals surface area contributed by atoms with E-state index < -0.39 is 0 Å². The minimum Gasteiger partial charge on any atom is -0.342 e. The molecule has 1 fully saturated rings. The van der Waals surface area contributed by atoms with Gasteiger partial charge in [0.2, 0.25) is 5.91 Å². The molecule has 0 unspecified atom stereocenters. The molecule has 110 valence electrons. The fourth-order valence-electron chi connectivity index (χ4n) is 3.08. The highest BCUT2D eigenvalue weighted by Crippen LogP contribution is 2.32. The van der Waals surface area contributed by atoms with E-state index in [1.165, 1.54) is 5.56 Å². The lowest BCUT2D eigenvalue weighted by Gasteiger charge is -2.16. The lowest BCUT2D eigenvalue weighted by Crippen LogP contribution is -2.29. The number of rotatable bonds is 6.